The third-order valence-electron chi connectivity index (χ3n) is 2.65. The second-order valence-electron chi connectivity index (χ2n) is 3.69. The number of aromatic nitrogens is 2. The zero-order chi connectivity index (χ0) is 9.26. The molecule has 0 radical (unpaired) electrons. The van der Waals surface area contributed by atoms with Crippen LogP contribution in [-0.4, -0.2) is 14.4 Å². The van der Waals surface area contributed by atoms with E-state index in [1.807, 2.05) is 6.20 Å². The highest BCUT2D eigenvalue weighted by atomic mass is 79.9. The fourth-order valence-electron chi connectivity index (χ4n) is 1.62. The predicted molar refractivity (Wildman–Crippen MR) is 57.0 cm³/mol. The van der Waals surface area contributed by atoms with Gasteiger partial charge in [0.2, 0.25) is 0 Å². The van der Waals surface area contributed by atoms with Gasteiger partial charge in [-0.15, -0.1) is 0 Å². The standard InChI is InChI=1S/C10H15BrN2/c1-2-13-6-5-12-10(13)7-9(11)8-3-4-8/h5-6,8-9H,2-4,7H2,1H3. The summed E-state index contributed by atoms with van der Waals surface area (Å²) in [6.07, 6.45) is 7.81. The maximum atomic E-state index is 4.37. The average Bonchev–Trinajstić information content (AvgIpc) is 2.88. The van der Waals surface area contributed by atoms with Crippen molar-refractivity contribution in [1.29, 1.82) is 0 Å². The summed E-state index contributed by atoms with van der Waals surface area (Å²) in [5.74, 6) is 2.12. The minimum absolute atomic E-state index is 0.639. The number of rotatable bonds is 4. The van der Waals surface area contributed by atoms with Gasteiger partial charge in [-0.3, -0.25) is 0 Å². The van der Waals surface area contributed by atoms with Gasteiger partial charge in [0.05, 0.1) is 0 Å². The number of nitrogens with zero attached hydrogens (tertiary/aromatic N) is 2. The summed E-state index contributed by atoms with van der Waals surface area (Å²) in [7, 11) is 0. The van der Waals surface area contributed by atoms with Crippen molar-refractivity contribution in [2.75, 3.05) is 0 Å². The molecule has 72 valence electrons. The lowest BCUT2D eigenvalue weighted by Gasteiger charge is -2.08. The van der Waals surface area contributed by atoms with Gasteiger partial charge in [0.15, 0.2) is 0 Å². The number of hydrogen-bond acceptors (Lipinski definition) is 1. The number of imidazole rings is 1. The van der Waals surface area contributed by atoms with Gasteiger partial charge >= 0.3 is 0 Å². The van der Waals surface area contributed by atoms with Crippen LogP contribution in [0.2, 0.25) is 0 Å². The molecule has 3 heteroatoms. The zero-order valence-corrected chi connectivity index (χ0v) is 9.50. The quantitative estimate of drug-likeness (QED) is 0.743. The molecule has 2 rings (SSSR count). The van der Waals surface area contributed by atoms with Crippen molar-refractivity contribution >= 4 is 15.9 Å². The van der Waals surface area contributed by atoms with Crippen LogP contribution in [0.4, 0.5) is 0 Å². The van der Waals surface area contributed by atoms with Crippen molar-refractivity contribution in [1.82, 2.24) is 9.55 Å². The van der Waals surface area contributed by atoms with Crippen molar-refractivity contribution in [3.63, 3.8) is 0 Å². The predicted octanol–water partition coefficient (Wildman–Crippen LogP) is 2.62. The number of alkyl halides is 1. The van der Waals surface area contributed by atoms with Crippen molar-refractivity contribution < 1.29 is 0 Å². The second kappa shape index (κ2) is 3.82. The Balaban J connectivity index is 1.99. The molecule has 0 spiro atoms. The molecule has 0 aliphatic heterocycles. The molecule has 1 unspecified atom stereocenters. The van der Waals surface area contributed by atoms with Crippen LogP contribution in [0.25, 0.3) is 0 Å². The molecule has 1 heterocycles. The van der Waals surface area contributed by atoms with Gasteiger partial charge in [-0.1, -0.05) is 15.9 Å². The van der Waals surface area contributed by atoms with Gasteiger partial charge in [-0.25, -0.2) is 4.98 Å². The van der Waals surface area contributed by atoms with Crippen molar-refractivity contribution in [2.24, 2.45) is 5.92 Å². The van der Waals surface area contributed by atoms with Gasteiger partial charge < -0.3 is 4.57 Å². The molecule has 1 aliphatic rings. The van der Waals surface area contributed by atoms with Crippen LogP contribution in [0.5, 0.6) is 0 Å². The highest BCUT2D eigenvalue weighted by molar-refractivity contribution is 9.09. The zero-order valence-electron chi connectivity index (χ0n) is 7.91. The Morgan fingerprint density at radius 3 is 3.08 bits per heavy atom. The fraction of sp³-hybridized carbons (Fsp3) is 0.700. The van der Waals surface area contributed by atoms with Crippen LogP contribution in [0.15, 0.2) is 12.4 Å². The molecule has 1 fully saturated rings. The Labute approximate surface area is 87.5 Å². The first-order chi connectivity index (χ1) is 6.31. The van der Waals surface area contributed by atoms with Crippen LogP contribution >= 0.6 is 15.9 Å². The van der Waals surface area contributed by atoms with Crippen LogP contribution in [0.1, 0.15) is 25.6 Å². The van der Waals surface area contributed by atoms with E-state index in [0.717, 1.165) is 18.9 Å². The fourth-order valence-corrected chi connectivity index (χ4v) is 2.44. The molecule has 2 nitrogen and oxygen atoms in total. The summed E-state index contributed by atoms with van der Waals surface area (Å²) >= 11 is 3.74. The summed E-state index contributed by atoms with van der Waals surface area (Å²) in [6.45, 7) is 3.19. The van der Waals surface area contributed by atoms with Gasteiger partial charge in [-0.05, 0) is 25.7 Å². The van der Waals surface area contributed by atoms with Gasteiger partial charge in [0.1, 0.15) is 5.82 Å². The molecule has 0 amide bonds. The highest BCUT2D eigenvalue weighted by Crippen LogP contribution is 2.37. The van der Waals surface area contributed by atoms with E-state index in [2.05, 4.69) is 38.6 Å². The molecule has 1 saturated carbocycles. The Morgan fingerprint density at radius 2 is 2.46 bits per heavy atom. The SMILES string of the molecule is CCn1ccnc1CC(Br)C1CC1. The van der Waals surface area contributed by atoms with Gasteiger partial charge in [-0.2, -0.15) is 0 Å². The van der Waals surface area contributed by atoms with Crippen LogP contribution in [0.3, 0.4) is 0 Å². The third-order valence-corrected chi connectivity index (χ3v) is 3.72. The largest absolute Gasteiger partial charge is 0.335 e. The molecular weight excluding hydrogens is 228 g/mol. The van der Waals surface area contributed by atoms with Gasteiger partial charge in [0, 0.05) is 30.2 Å². The van der Waals surface area contributed by atoms with Crippen molar-refractivity contribution in [2.45, 2.75) is 37.6 Å². The highest BCUT2D eigenvalue weighted by Gasteiger charge is 2.29. The van der Waals surface area contributed by atoms with E-state index >= 15 is 0 Å². The van der Waals surface area contributed by atoms with Crippen molar-refractivity contribution in [3.05, 3.63) is 18.2 Å². The lowest BCUT2D eigenvalue weighted by Crippen LogP contribution is -2.10. The maximum Gasteiger partial charge on any atom is 0.109 e. The monoisotopic (exact) mass is 242 g/mol. The maximum absolute atomic E-state index is 4.37. The molecule has 1 aliphatic carbocycles. The van der Waals surface area contributed by atoms with Crippen LogP contribution in [0, 0.1) is 5.92 Å². The number of halogens is 1. The Bertz CT molecular complexity index is 278. The Kier molecular flexibility index (Phi) is 2.72. The minimum Gasteiger partial charge on any atom is -0.335 e. The normalized spacial score (nSPS) is 18.9. The first kappa shape index (κ1) is 9.25. The smallest absolute Gasteiger partial charge is 0.109 e. The molecule has 0 N–H and O–H groups in total. The van der Waals surface area contributed by atoms with Crippen LogP contribution < -0.4 is 0 Å². The van der Waals surface area contributed by atoms with E-state index in [1.54, 1.807) is 0 Å². The second-order valence-corrected chi connectivity index (χ2v) is 4.86. The molecule has 1 aromatic rings. The number of aryl methyl sites for hydroxylation is 1. The van der Waals surface area contributed by atoms with E-state index in [0.29, 0.717) is 4.83 Å². The molecular formula is C10H15BrN2. The lowest BCUT2D eigenvalue weighted by atomic mass is 10.2. The first-order valence-corrected chi connectivity index (χ1v) is 5.87. The molecule has 0 saturated heterocycles. The summed E-state index contributed by atoms with van der Waals surface area (Å²) in [6, 6.07) is 0. The van der Waals surface area contributed by atoms with E-state index in [4.69, 9.17) is 0 Å². The Morgan fingerprint density at radius 1 is 1.69 bits per heavy atom. The summed E-state index contributed by atoms with van der Waals surface area (Å²) in [4.78, 5) is 5.01. The van der Waals surface area contributed by atoms with Crippen LogP contribution in [-0.2, 0) is 13.0 Å². The van der Waals surface area contributed by atoms with Gasteiger partial charge in [0.25, 0.3) is 0 Å². The summed E-state index contributed by atoms with van der Waals surface area (Å²) in [5.41, 5.74) is 0. The molecule has 1 atom stereocenters. The number of hydrogen-bond donors (Lipinski definition) is 0. The van der Waals surface area contributed by atoms with E-state index in [9.17, 15) is 0 Å². The molecule has 0 aromatic carbocycles. The van der Waals surface area contributed by atoms with Crippen molar-refractivity contribution in [3.8, 4) is 0 Å². The first-order valence-electron chi connectivity index (χ1n) is 4.95. The Hall–Kier alpha value is -0.310. The average molecular weight is 243 g/mol. The topological polar surface area (TPSA) is 17.8 Å². The van der Waals surface area contributed by atoms with E-state index in [-0.39, 0.29) is 0 Å². The minimum atomic E-state index is 0.639. The summed E-state index contributed by atoms with van der Waals surface area (Å²) < 4.78 is 2.22. The molecule has 1 aromatic heterocycles. The molecule has 0 bridgehead atoms. The van der Waals surface area contributed by atoms with E-state index < -0.39 is 0 Å². The van der Waals surface area contributed by atoms with E-state index in [1.165, 1.54) is 18.7 Å². The lowest BCUT2D eigenvalue weighted by molar-refractivity contribution is 0.655. The third kappa shape index (κ3) is 2.13. The summed E-state index contributed by atoms with van der Waals surface area (Å²) in [5, 5.41) is 0. The molecule has 13 heavy (non-hydrogen) atoms.